The molecule has 2 aromatic rings. The molecular weight excluding hydrogens is 331 g/mol. The van der Waals surface area contributed by atoms with E-state index in [1.807, 2.05) is 38.1 Å². The molecule has 0 bridgehead atoms. The first-order chi connectivity index (χ1) is 12.2. The van der Waals surface area contributed by atoms with Crippen molar-refractivity contribution < 1.29 is 14.0 Å². The molecule has 0 fully saturated rings. The molecule has 5 heteroatoms. The standard InChI is InChI=1S/C21H25FN2O2/c1-14(2)17-7-5-6-8-18(17)24-20(26)21(3,4)19(25)23-13-15-9-11-16(22)12-10-15/h5-12,14H,13H2,1-4H3,(H,23,25)(H,24,26). The number of carbonyl (C=O) groups excluding carboxylic acids is 2. The van der Waals surface area contributed by atoms with Crippen molar-refractivity contribution in [2.75, 3.05) is 5.32 Å². The Labute approximate surface area is 153 Å². The van der Waals surface area contributed by atoms with E-state index < -0.39 is 5.41 Å². The van der Waals surface area contributed by atoms with Crippen LogP contribution in [0.5, 0.6) is 0 Å². The highest BCUT2D eigenvalue weighted by atomic mass is 19.1. The van der Waals surface area contributed by atoms with Crippen molar-refractivity contribution >= 4 is 17.5 Å². The van der Waals surface area contributed by atoms with Crippen LogP contribution in [0.15, 0.2) is 48.5 Å². The summed E-state index contributed by atoms with van der Waals surface area (Å²) >= 11 is 0. The number of hydrogen-bond donors (Lipinski definition) is 2. The Kier molecular flexibility index (Phi) is 6.14. The highest BCUT2D eigenvalue weighted by molar-refractivity contribution is 6.10. The zero-order valence-corrected chi connectivity index (χ0v) is 15.6. The fraction of sp³-hybridized carbons (Fsp3) is 0.333. The summed E-state index contributed by atoms with van der Waals surface area (Å²) in [6.07, 6.45) is 0. The second-order valence-electron chi connectivity index (χ2n) is 7.13. The summed E-state index contributed by atoms with van der Waals surface area (Å²) < 4.78 is 12.9. The van der Waals surface area contributed by atoms with Gasteiger partial charge in [-0.1, -0.05) is 44.2 Å². The summed E-state index contributed by atoms with van der Waals surface area (Å²) in [6.45, 7) is 7.50. The van der Waals surface area contributed by atoms with Crippen LogP contribution in [-0.2, 0) is 16.1 Å². The SMILES string of the molecule is CC(C)c1ccccc1NC(=O)C(C)(C)C(=O)NCc1ccc(F)cc1. The lowest BCUT2D eigenvalue weighted by Gasteiger charge is -2.24. The lowest BCUT2D eigenvalue weighted by atomic mass is 9.90. The quantitative estimate of drug-likeness (QED) is 0.761. The van der Waals surface area contributed by atoms with E-state index in [2.05, 4.69) is 10.6 Å². The van der Waals surface area contributed by atoms with Crippen LogP contribution >= 0.6 is 0 Å². The monoisotopic (exact) mass is 356 g/mol. The predicted molar refractivity (Wildman–Crippen MR) is 101 cm³/mol. The number of nitrogens with one attached hydrogen (secondary N) is 2. The first-order valence-electron chi connectivity index (χ1n) is 8.65. The first kappa shape index (κ1) is 19.6. The Morgan fingerprint density at radius 3 is 2.23 bits per heavy atom. The number of amides is 2. The molecule has 26 heavy (non-hydrogen) atoms. The molecule has 4 nitrogen and oxygen atoms in total. The van der Waals surface area contributed by atoms with Crippen molar-refractivity contribution in [2.45, 2.75) is 40.2 Å². The topological polar surface area (TPSA) is 58.2 Å². The molecule has 138 valence electrons. The molecule has 0 atom stereocenters. The Balaban J connectivity index is 2.04. The molecule has 0 aliphatic carbocycles. The molecule has 0 unspecified atom stereocenters. The third-order valence-corrected chi connectivity index (χ3v) is 4.33. The molecule has 0 saturated carbocycles. The number of para-hydroxylation sites is 1. The lowest BCUT2D eigenvalue weighted by Crippen LogP contribution is -2.45. The molecule has 0 aliphatic heterocycles. The lowest BCUT2D eigenvalue weighted by molar-refractivity contribution is -0.138. The summed E-state index contributed by atoms with van der Waals surface area (Å²) in [7, 11) is 0. The molecule has 2 amide bonds. The fourth-order valence-corrected chi connectivity index (χ4v) is 2.50. The molecule has 0 aromatic heterocycles. The third-order valence-electron chi connectivity index (χ3n) is 4.33. The van der Waals surface area contributed by atoms with E-state index in [0.29, 0.717) is 5.69 Å². The zero-order chi connectivity index (χ0) is 19.3. The average Bonchev–Trinajstić information content (AvgIpc) is 2.61. The Morgan fingerprint density at radius 2 is 1.62 bits per heavy atom. The van der Waals surface area contributed by atoms with E-state index in [4.69, 9.17) is 0 Å². The van der Waals surface area contributed by atoms with E-state index in [-0.39, 0.29) is 30.1 Å². The Hall–Kier alpha value is -2.69. The minimum atomic E-state index is -1.25. The molecular formula is C21H25FN2O2. The van der Waals surface area contributed by atoms with Gasteiger partial charge in [0.05, 0.1) is 0 Å². The van der Waals surface area contributed by atoms with E-state index in [0.717, 1.165) is 11.1 Å². The maximum Gasteiger partial charge on any atom is 0.239 e. The normalized spacial score (nSPS) is 11.3. The molecule has 0 spiro atoms. The molecule has 0 heterocycles. The summed E-state index contributed by atoms with van der Waals surface area (Å²) in [4.78, 5) is 25.2. The smallest absolute Gasteiger partial charge is 0.239 e. The predicted octanol–water partition coefficient (Wildman–Crippen LogP) is 4.23. The van der Waals surface area contributed by atoms with Gasteiger partial charge in [-0.2, -0.15) is 0 Å². The van der Waals surface area contributed by atoms with Crippen LogP contribution in [0, 0.1) is 11.2 Å². The minimum absolute atomic E-state index is 0.235. The summed E-state index contributed by atoms with van der Waals surface area (Å²) in [5.74, 6) is -0.839. The highest BCUT2D eigenvalue weighted by Crippen LogP contribution is 2.26. The number of hydrogen-bond acceptors (Lipinski definition) is 2. The minimum Gasteiger partial charge on any atom is -0.351 e. The molecule has 2 aromatic carbocycles. The largest absolute Gasteiger partial charge is 0.351 e. The van der Waals surface area contributed by atoms with Gasteiger partial charge in [0, 0.05) is 12.2 Å². The van der Waals surface area contributed by atoms with E-state index in [1.165, 1.54) is 12.1 Å². The number of benzene rings is 2. The van der Waals surface area contributed by atoms with Crippen LogP contribution in [-0.4, -0.2) is 11.8 Å². The molecule has 2 N–H and O–H groups in total. The maximum atomic E-state index is 12.9. The van der Waals surface area contributed by atoms with Gasteiger partial charge in [-0.3, -0.25) is 9.59 Å². The zero-order valence-electron chi connectivity index (χ0n) is 15.6. The van der Waals surface area contributed by atoms with Crippen molar-refractivity contribution in [3.05, 3.63) is 65.5 Å². The van der Waals surface area contributed by atoms with Gasteiger partial charge in [0.2, 0.25) is 11.8 Å². The van der Waals surface area contributed by atoms with Crippen LogP contribution in [0.1, 0.15) is 44.7 Å². The van der Waals surface area contributed by atoms with E-state index in [9.17, 15) is 14.0 Å². The summed E-state index contributed by atoms with van der Waals surface area (Å²) in [6, 6.07) is 13.4. The van der Waals surface area contributed by atoms with Gasteiger partial charge in [0.1, 0.15) is 11.2 Å². The number of halogens is 1. The van der Waals surface area contributed by atoms with Crippen LogP contribution in [0.4, 0.5) is 10.1 Å². The van der Waals surface area contributed by atoms with Crippen molar-refractivity contribution in [2.24, 2.45) is 5.41 Å². The van der Waals surface area contributed by atoms with Gasteiger partial charge in [-0.25, -0.2) is 4.39 Å². The van der Waals surface area contributed by atoms with Gasteiger partial charge >= 0.3 is 0 Å². The Morgan fingerprint density at radius 1 is 1.00 bits per heavy atom. The van der Waals surface area contributed by atoms with Crippen LogP contribution in [0.2, 0.25) is 0 Å². The van der Waals surface area contributed by atoms with Crippen LogP contribution < -0.4 is 10.6 Å². The van der Waals surface area contributed by atoms with Gasteiger partial charge in [0.25, 0.3) is 0 Å². The maximum absolute atomic E-state index is 12.9. The first-order valence-corrected chi connectivity index (χ1v) is 8.65. The highest BCUT2D eigenvalue weighted by Gasteiger charge is 2.36. The van der Waals surface area contributed by atoms with Crippen LogP contribution in [0.25, 0.3) is 0 Å². The van der Waals surface area contributed by atoms with Gasteiger partial charge in [0.15, 0.2) is 0 Å². The summed E-state index contributed by atoms with van der Waals surface area (Å²) in [5, 5.41) is 5.61. The number of rotatable bonds is 6. The van der Waals surface area contributed by atoms with Crippen molar-refractivity contribution in [3.8, 4) is 0 Å². The number of anilines is 1. The van der Waals surface area contributed by atoms with E-state index in [1.54, 1.807) is 26.0 Å². The van der Waals surface area contributed by atoms with Gasteiger partial charge in [-0.15, -0.1) is 0 Å². The van der Waals surface area contributed by atoms with Gasteiger partial charge < -0.3 is 10.6 Å². The van der Waals surface area contributed by atoms with Crippen molar-refractivity contribution in [3.63, 3.8) is 0 Å². The third kappa shape index (κ3) is 4.69. The van der Waals surface area contributed by atoms with Gasteiger partial charge in [-0.05, 0) is 49.1 Å². The molecule has 0 radical (unpaired) electrons. The summed E-state index contributed by atoms with van der Waals surface area (Å²) in [5.41, 5.74) is 1.25. The Bertz CT molecular complexity index is 783. The second-order valence-corrected chi connectivity index (χ2v) is 7.13. The average molecular weight is 356 g/mol. The van der Waals surface area contributed by atoms with Crippen molar-refractivity contribution in [1.29, 1.82) is 0 Å². The number of carbonyl (C=O) groups is 2. The van der Waals surface area contributed by atoms with Crippen molar-refractivity contribution in [1.82, 2.24) is 5.32 Å². The second kappa shape index (κ2) is 8.13. The fourth-order valence-electron chi connectivity index (χ4n) is 2.50. The molecule has 0 aliphatic rings. The van der Waals surface area contributed by atoms with Crippen LogP contribution in [0.3, 0.4) is 0 Å². The molecule has 0 saturated heterocycles. The van der Waals surface area contributed by atoms with E-state index >= 15 is 0 Å². The molecule has 2 rings (SSSR count).